The van der Waals surface area contributed by atoms with Crippen molar-refractivity contribution in [3.63, 3.8) is 0 Å². The molecule has 0 aliphatic carbocycles. The molecule has 0 radical (unpaired) electrons. The Morgan fingerprint density at radius 3 is 3.00 bits per heavy atom. The Hall–Kier alpha value is -1.34. The molecule has 0 saturated heterocycles. The van der Waals surface area contributed by atoms with Gasteiger partial charge in [0.1, 0.15) is 5.02 Å². The molecular formula is C7H6ClN3O. The second-order valence-electron chi connectivity index (χ2n) is 2.25. The van der Waals surface area contributed by atoms with Gasteiger partial charge in [0, 0.05) is 7.05 Å². The van der Waals surface area contributed by atoms with Crippen molar-refractivity contribution < 1.29 is 0 Å². The first-order valence-corrected chi connectivity index (χ1v) is 3.62. The van der Waals surface area contributed by atoms with Crippen LogP contribution in [-0.2, 0) is 13.5 Å². The van der Waals surface area contributed by atoms with Crippen molar-refractivity contribution in [2.75, 3.05) is 0 Å². The fourth-order valence-electron chi connectivity index (χ4n) is 0.797. The summed E-state index contributed by atoms with van der Waals surface area (Å²) >= 11 is 5.57. The first-order valence-electron chi connectivity index (χ1n) is 3.25. The fourth-order valence-corrected chi connectivity index (χ4v) is 1.05. The molecule has 0 bridgehead atoms. The molecule has 1 aromatic rings. The molecule has 0 atom stereocenters. The van der Waals surface area contributed by atoms with Gasteiger partial charge in [0.15, 0.2) is 0 Å². The summed E-state index contributed by atoms with van der Waals surface area (Å²) in [6.07, 6.45) is 0.161. The monoisotopic (exact) mass is 183 g/mol. The Bertz CT molecular complexity index is 364. The van der Waals surface area contributed by atoms with E-state index in [1.54, 1.807) is 0 Å². The summed E-state index contributed by atoms with van der Waals surface area (Å²) in [6.45, 7) is 0. The molecule has 1 heterocycles. The van der Waals surface area contributed by atoms with Gasteiger partial charge >= 0.3 is 0 Å². The second kappa shape index (κ2) is 3.37. The molecule has 62 valence electrons. The molecule has 0 unspecified atom stereocenters. The van der Waals surface area contributed by atoms with Gasteiger partial charge in [0.25, 0.3) is 5.56 Å². The standard InChI is InChI=1S/C7H6ClN3O/c1-11-7(12)6(8)4-5(10-11)2-3-9/h4H,2H2,1H3. The maximum atomic E-state index is 11.0. The van der Waals surface area contributed by atoms with Crippen molar-refractivity contribution in [3.05, 3.63) is 27.1 Å². The van der Waals surface area contributed by atoms with Crippen LogP contribution in [0.5, 0.6) is 0 Å². The number of hydrogen-bond acceptors (Lipinski definition) is 3. The number of halogens is 1. The molecule has 0 fully saturated rings. The molecule has 12 heavy (non-hydrogen) atoms. The molecule has 0 aromatic carbocycles. The molecule has 0 amide bonds. The first-order chi connectivity index (χ1) is 5.65. The Labute approximate surface area is 74.0 Å². The number of nitrogens with zero attached hydrogens (tertiary/aromatic N) is 3. The van der Waals surface area contributed by atoms with Crippen LogP contribution in [0.1, 0.15) is 5.69 Å². The van der Waals surface area contributed by atoms with E-state index >= 15 is 0 Å². The lowest BCUT2D eigenvalue weighted by Crippen LogP contribution is -2.20. The van der Waals surface area contributed by atoms with E-state index in [9.17, 15) is 4.79 Å². The second-order valence-corrected chi connectivity index (χ2v) is 2.65. The van der Waals surface area contributed by atoms with Crippen LogP contribution in [0, 0.1) is 11.3 Å². The summed E-state index contributed by atoms with van der Waals surface area (Å²) in [5.41, 5.74) is 0.156. The highest BCUT2D eigenvalue weighted by Gasteiger charge is 2.02. The number of rotatable bonds is 1. The lowest BCUT2D eigenvalue weighted by atomic mass is 10.3. The Balaban J connectivity index is 3.24. The summed E-state index contributed by atoms with van der Waals surface area (Å²) in [5.74, 6) is 0. The van der Waals surface area contributed by atoms with E-state index < -0.39 is 0 Å². The molecular weight excluding hydrogens is 178 g/mol. The smallest absolute Gasteiger partial charge is 0.266 e. The highest BCUT2D eigenvalue weighted by Crippen LogP contribution is 2.02. The zero-order valence-corrected chi connectivity index (χ0v) is 7.17. The van der Waals surface area contributed by atoms with Gasteiger partial charge < -0.3 is 0 Å². The number of aromatic nitrogens is 2. The summed E-state index contributed by atoms with van der Waals surface area (Å²) in [6, 6.07) is 3.33. The average Bonchev–Trinajstić information content (AvgIpc) is 2.01. The Kier molecular flexibility index (Phi) is 2.46. The largest absolute Gasteiger partial charge is 0.285 e. The van der Waals surface area contributed by atoms with E-state index in [2.05, 4.69) is 5.10 Å². The highest BCUT2D eigenvalue weighted by molar-refractivity contribution is 6.30. The van der Waals surface area contributed by atoms with Crippen molar-refractivity contribution in [2.24, 2.45) is 7.05 Å². The summed E-state index contributed by atoms with van der Waals surface area (Å²) < 4.78 is 1.12. The molecule has 0 saturated carbocycles. The lowest BCUT2D eigenvalue weighted by Gasteiger charge is -1.98. The lowest BCUT2D eigenvalue weighted by molar-refractivity contribution is 0.687. The van der Waals surface area contributed by atoms with E-state index in [-0.39, 0.29) is 17.0 Å². The molecule has 0 N–H and O–H groups in total. The van der Waals surface area contributed by atoms with Crippen molar-refractivity contribution in [1.82, 2.24) is 9.78 Å². The normalized spacial score (nSPS) is 9.42. The topological polar surface area (TPSA) is 58.7 Å². The van der Waals surface area contributed by atoms with E-state index in [4.69, 9.17) is 16.9 Å². The molecule has 4 nitrogen and oxygen atoms in total. The predicted octanol–water partition coefficient (Wildman–Crippen LogP) is 0.500. The van der Waals surface area contributed by atoms with Crippen LogP contribution in [0.2, 0.25) is 5.02 Å². The summed E-state index contributed by atoms with van der Waals surface area (Å²) in [5, 5.41) is 12.3. The Morgan fingerprint density at radius 2 is 2.50 bits per heavy atom. The minimum Gasteiger partial charge on any atom is -0.266 e. The number of nitriles is 1. The van der Waals surface area contributed by atoms with E-state index in [0.29, 0.717) is 5.69 Å². The van der Waals surface area contributed by atoms with Gasteiger partial charge in [-0.3, -0.25) is 4.79 Å². The minimum atomic E-state index is -0.349. The zero-order valence-electron chi connectivity index (χ0n) is 6.41. The zero-order chi connectivity index (χ0) is 9.14. The van der Waals surface area contributed by atoms with Crippen LogP contribution >= 0.6 is 11.6 Å². The third-order valence-electron chi connectivity index (χ3n) is 1.33. The first kappa shape index (κ1) is 8.75. The summed E-state index contributed by atoms with van der Waals surface area (Å²) in [4.78, 5) is 11.0. The SMILES string of the molecule is Cn1nc(CC#N)cc(Cl)c1=O. The van der Waals surface area contributed by atoms with Gasteiger partial charge in [-0.15, -0.1) is 0 Å². The van der Waals surface area contributed by atoms with Crippen molar-refractivity contribution in [1.29, 1.82) is 5.26 Å². The third-order valence-corrected chi connectivity index (χ3v) is 1.60. The quantitative estimate of drug-likeness (QED) is 0.637. The maximum absolute atomic E-state index is 11.0. The minimum absolute atomic E-state index is 0.0951. The molecule has 0 spiro atoms. The van der Waals surface area contributed by atoms with Crippen LogP contribution in [0.3, 0.4) is 0 Å². The fraction of sp³-hybridized carbons (Fsp3) is 0.286. The van der Waals surface area contributed by atoms with Gasteiger partial charge in [-0.2, -0.15) is 10.4 Å². The van der Waals surface area contributed by atoms with Gasteiger partial charge in [-0.1, -0.05) is 11.6 Å². The van der Waals surface area contributed by atoms with Crippen molar-refractivity contribution in [3.8, 4) is 6.07 Å². The maximum Gasteiger partial charge on any atom is 0.285 e. The van der Waals surface area contributed by atoms with Gasteiger partial charge in [0.05, 0.1) is 18.2 Å². The molecule has 0 aliphatic rings. The number of hydrogen-bond donors (Lipinski definition) is 0. The van der Waals surface area contributed by atoms with E-state index in [0.717, 1.165) is 4.68 Å². The summed E-state index contributed by atoms with van der Waals surface area (Å²) in [7, 11) is 1.50. The van der Waals surface area contributed by atoms with Crippen LogP contribution < -0.4 is 5.56 Å². The van der Waals surface area contributed by atoms with Gasteiger partial charge in [-0.05, 0) is 6.07 Å². The van der Waals surface area contributed by atoms with E-state index in [1.807, 2.05) is 6.07 Å². The van der Waals surface area contributed by atoms with Crippen molar-refractivity contribution in [2.45, 2.75) is 6.42 Å². The van der Waals surface area contributed by atoms with E-state index in [1.165, 1.54) is 13.1 Å². The number of aryl methyl sites for hydroxylation is 1. The predicted molar refractivity (Wildman–Crippen MR) is 43.8 cm³/mol. The molecule has 5 heteroatoms. The molecule has 1 rings (SSSR count). The molecule has 1 aromatic heterocycles. The van der Waals surface area contributed by atoms with Crippen molar-refractivity contribution >= 4 is 11.6 Å². The van der Waals surface area contributed by atoms with Crippen LogP contribution in [0.25, 0.3) is 0 Å². The van der Waals surface area contributed by atoms with Crippen LogP contribution in [-0.4, -0.2) is 9.78 Å². The third kappa shape index (κ3) is 1.63. The highest BCUT2D eigenvalue weighted by atomic mass is 35.5. The van der Waals surface area contributed by atoms with Gasteiger partial charge in [0.2, 0.25) is 0 Å². The van der Waals surface area contributed by atoms with Crippen LogP contribution in [0.15, 0.2) is 10.9 Å². The Morgan fingerprint density at radius 1 is 1.83 bits per heavy atom. The molecule has 0 aliphatic heterocycles. The van der Waals surface area contributed by atoms with Gasteiger partial charge in [-0.25, -0.2) is 4.68 Å². The average molecular weight is 184 g/mol. The van der Waals surface area contributed by atoms with Crippen LogP contribution in [0.4, 0.5) is 0 Å².